The van der Waals surface area contributed by atoms with E-state index in [9.17, 15) is 14.4 Å². The van der Waals surface area contributed by atoms with Gasteiger partial charge in [0.05, 0.1) is 6.54 Å². The first-order chi connectivity index (χ1) is 7.84. The summed E-state index contributed by atoms with van der Waals surface area (Å²) < 4.78 is 0. The van der Waals surface area contributed by atoms with Crippen LogP contribution < -0.4 is 16.0 Å². The maximum atomic E-state index is 11.4. The molecule has 0 aromatic carbocycles. The maximum Gasteiger partial charge on any atom is 0.333 e. The van der Waals surface area contributed by atoms with E-state index in [4.69, 9.17) is 10.2 Å². The summed E-state index contributed by atoms with van der Waals surface area (Å²) in [5.74, 6) is -2.96. The zero-order chi connectivity index (χ0) is 13.5. The molecule has 0 rings (SSSR count). The molecule has 0 aromatic rings. The molecule has 17 heavy (non-hydrogen) atoms. The van der Waals surface area contributed by atoms with Crippen LogP contribution in [-0.4, -0.2) is 60.3 Å². The number of carboxylic acids is 2. The van der Waals surface area contributed by atoms with Crippen molar-refractivity contribution in [1.82, 2.24) is 16.0 Å². The Labute approximate surface area is 98.4 Å². The summed E-state index contributed by atoms with van der Waals surface area (Å²) in [6, 6.07) is 0. The molecule has 8 nitrogen and oxygen atoms in total. The highest BCUT2D eigenvalue weighted by Gasteiger charge is 2.39. The zero-order valence-electron chi connectivity index (χ0n) is 9.74. The number of aliphatic carboxylic acids is 2. The van der Waals surface area contributed by atoms with E-state index >= 15 is 0 Å². The molecule has 0 fully saturated rings. The summed E-state index contributed by atoms with van der Waals surface area (Å²) in [5.41, 5.74) is -1.72. The van der Waals surface area contributed by atoms with Gasteiger partial charge < -0.3 is 20.8 Å². The van der Waals surface area contributed by atoms with Crippen LogP contribution in [0.4, 0.5) is 0 Å². The van der Waals surface area contributed by atoms with Crippen molar-refractivity contribution in [2.75, 3.05) is 26.7 Å². The Bertz CT molecular complexity index is 307. The fourth-order valence-corrected chi connectivity index (χ4v) is 1.10. The number of rotatable bonds is 8. The van der Waals surface area contributed by atoms with Gasteiger partial charge in [0.25, 0.3) is 5.91 Å². The monoisotopic (exact) mass is 247 g/mol. The fourth-order valence-electron chi connectivity index (χ4n) is 1.10. The molecule has 0 aliphatic heterocycles. The van der Waals surface area contributed by atoms with Gasteiger partial charge in [0, 0.05) is 20.1 Å². The highest BCUT2D eigenvalue weighted by Crippen LogP contribution is 2.03. The van der Waals surface area contributed by atoms with Crippen LogP contribution in [0.5, 0.6) is 0 Å². The topological polar surface area (TPSA) is 128 Å². The van der Waals surface area contributed by atoms with Crippen LogP contribution in [0.3, 0.4) is 0 Å². The fraction of sp³-hybridized carbons (Fsp3) is 0.667. The molecule has 0 aliphatic rings. The molecule has 0 saturated carbocycles. The molecule has 1 atom stereocenters. The minimum absolute atomic E-state index is 0.156. The molecule has 5 N–H and O–H groups in total. The average molecular weight is 247 g/mol. The Morgan fingerprint density at radius 2 is 1.76 bits per heavy atom. The Kier molecular flexibility index (Phi) is 6.15. The van der Waals surface area contributed by atoms with Crippen LogP contribution in [0.2, 0.25) is 0 Å². The van der Waals surface area contributed by atoms with Crippen molar-refractivity contribution in [2.24, 2.45) is 0 Å². The summed E-state index contributed by atoms with van der Waals surface area (Å²) >= 11 is 0. The van der Waals surface area contributed by atoms with Gasteiger partial charge in [0.2, 0.25) is 0 Å². The number of hydrogen-bond acceptors (Lipinski definition) is 5. The van der Waals surface area contributed by atoms with Gasteiger partial charge in [-0.05, 0) is 6.92 Å². The van der Waals surface area contributed by atoms with Crippen LogP contribution in [0.25, 0.3) is 0 Å². The highest BCUT2D eigenvalue weighted by atomic mass is 16.4. The van der Waals surface area contributed by atoms with Crippen molar-refractivity contribution >= 4 is 17.8 Å². The lowest BCUT2D eigenvalue weighted by Crippen LogP contribution is -2.60. The lowest BCUT2D eigenvalue weighted by molar-refractivity contribution is -0.150. The second-order valence-corrected chi connectivity index (χ2v) is 3.51. The van der Waals surface area contributed by atoms with Gasteiger partial charge in [0.1, 0.15) is 0 Å². The molecular weight excluding hydrogens is 230 g/mol. The van der Waals surface area contributed by atoms with Crippen molar-refractivity contribution in [3.8, 4) is 0 Å². The van der Waals surface area contributed by atoms with E-state index in [-0.39, 0.29) is 19.6 Å². The minimum Gasteiger partial charge on any atom is -0.480 e. The van der Waals surface area contributed by atoms with E-state index < -0.39 is 23.4 Å². The molecule has 0 aromatic heterocycles. The SMILES string of the molecule is CNC(=O)C(C)(NCCNCC(=O)O)C(=O)O. The number of carboxylic acid groups (broad SMARTS) is 2. The summed E-state index contributed by atoms with van der Waals surface area (Å²) in [6.07, 6.45) is 0. The highest BCUT2D eigenvalue weighted by molar-refractivity contribution is 6.06. The number of likely N-dealkylation sites (N-methyl/N-ethyl adjacent to an activating group) is 1. The lowest BCUT2D eigenvalue weighted by Gasteiger charge is -2.24. The number of amides is 1. The third-order valence-corrected chi connectivity index (χ3v) is 2.17. The van der Waals surface area contributed by atoms with Gasteiger partial charge >= 0.3 is 11.9 Å². The van der Waals surface area contributed by atoms with Gasteiger partial charge in [-0.25, -0.2) is 4.79 Å². The number of hydrogen-bond donors (Lipinski definition) is 5. The van der Waals surface area contributed by atoms with Crippen LogP contribution in [0.1, 0.15) is 6.92 Å². The standard InChI is InChI=1S/C9H17N3O5/c1-9(8(16)17,7(15)10-2)12-4-3-11-5-6(13)14/h11-12H,3-5H2,1-2H3,(H,10,15)(H,13,14)(H,16,17). The quantitative estimate of drug-likeness (QED) is 0.244. The van der Waals surface area contributed by atoms with Crippen molar-refractivity contribution in [2.45, 2.75) is 12.5 Å². The predicted octanol–water partition coefficient (Wildman–Crippen LogP) is -2.16. The molecular formula is C9H17N3O5. The first kappa shape index (κ1) is 15.3. The Hall–Kier alpha value is -1.67. The molecule has 0 radical (unpaired) electrons. The maximum absolute atomic E-state index is 11.4. The van der Waals surface area contributed by atoms with E-state index in [2.05, 4.69) is 16.0 Å². The predicted molar refractivity (Wildman–Crippen MR) is 58.6 cm³/mol. The Morgan fingerprint density at radius 3 is 2.18 bits per heavy atom. The first-order valence-electron chi connectivity index (χ1n) is 4.97. The molecule has 1 unspecified atom stereocenters. The third kappa shape index (κ3) is 4.79. The van der Waals surface area contributed by atoms with Gasteiger partial charge in [-0.3, -0.25) is 14.9 Å². The average Bonchev–Trinajstić information content (AvgIpc) is 2.26. The van der Waals surface area contributed by atoms with E-state index in [1.54, 1.807) is 0 Å². The van der Waals surface area contributed by atoms with E-state index in [1.807, 2.05) is 0 Å². The Morgan fingerprint density at radius 1 is 1.18 bits per heavy atom. The molecule has 0 heterocycles. The van der Waals surface area contributed by atoms with Crippen molar-refractivity contribution in [3.05, 3.63) is 0 Å². The third-order valence-electron chi connectivity index (χ3n) is 2.17. The van der Waals surface area contributed by atoms with E-state index in [0.29, 0.717) is 0 Å². The molecule has 0 saturated heterocycles. The normalized spacial score (nSPS) is 13.8. The molecule has 8 heteroatoms. The van der Waals surface area contributed by atoms with E-state index in [0.717, 1.165) is 0 Å². The smallest absolute Gasteiger partial charge is 0.333 e. The van der Waals surface area contributed by atoms with Crippen LogP contribution in [0.15, 0.2) is 0 Å². The van der Waals surface area contributed by atoms with Gasteiger partial charge in [-0.2, -0.15) is 0 Å². The second-order valence-electron chi connectivity index (χ2n) is 3.51. The molecule has 0 bridgehead atoms. The van der Waals surface area contributed by atoms with Crippen molar-refractivity contribution < 1.29 is 24.6 Å². The van der Waals surface area contributed by atoms with Gasteiger partial charge in [-0.15, -0.1) is 0 Å². The van der Waals surface area contributed by atoms with Gasteiger partial charge in [-0.1, -0.05) is 0 Å². The summed E-state index contributed by atoms with van der Waals surface area (Å²) in [6.45, 7) is 1.42. The largest absolute Gasteiger partial charge is 0.480 e. The zero-order valence-corrected chi connectivity index (χ0v) is 9.74. The molecule has 98 valence electrons. The van der Waals surface area contributed by atoms with Crippen molar-refractivity contribution in [3.63, 3.8) is 0 Å². The number of carbonyl (C=O) groups is 3. The first-order valence-corrected chi connectivity index (χ1v) is 4.97. The Balaban J connectivity index is 4.16. The van der Waals surface area contributed by atoms with Crippen molar-refractivity contribution in [1.29, 1.82) is 0 Å². The van der Waals surface area contributed by atoms with Crippen LogP contribution in [0, 0.1) is 0 Å². The lowest BCUT2D eigenvalue weighted by atomic mass is 10.0. The summed E-state index contributed by atoms with van der Waals surface area (Å²) in [4.78, 5) is 32.5. The van der Waals surface area contributed by atoms with Gasteiger partial charge in [0.15, 0.2) is 5.54 Å². The molecule has 1 amide bonds. The summed E-state index contributed by atoms with van der Waals surface area (Å²) in [5, 5.41) is 24.7. The molecule has 0 aliphatic carbocycles. The summed E-state index contributed by atoms with van der Waals surface area (Å²) in [7, 11) is 1.34. The number of carbonyl (C=O) groups excluding carboxylic acids is 1. The second kappa shape index (κ2) is 6.81. The minimum atomic E-state index is -1.72. The number of nitrogens with one attached hydrogen (secondary N) is 3. The van der Waals surface area contributed by atoms with Crippen LogP contribution in [-0.2, 0) is 14.4 Å². The van der Waals surface area contributed by atoms with Crippen LogP contribution >= 0.6 is 0 Å². The molecule has 0 spiro atoms. The van der Waals surface area contributed by atoms with E-state index in [1.165, 1.54) is 14.0 Å².